The van der Waals surface area contributed by atoms with E-state index in [4.69, 9.17) is 4.74 Å². The van der Waals surface area contributed by atoms with Crippen molar-refractivity contribution in [2.24, 2.45) is 0 Å². The Balaban J connectivity index is 1.43. The molecule has 0 aliphatic carbocycles. The number of ether oxygens (including phenoxy) is 1. The number of aromatic nitrogens is 3. The molecule has 0 spiro atoms. The lowest BCUT2D eigenvalue weighted by Crippen LogP contribution is -2.46. The van der Waals surface area contributed by atoms with Crippen molar-refractivity contribution in [1.29, 1.82) is 0 Å². The molecule has 1 saturated heterocycles. The predicted molar refractivity (Wildman–Crippen MR) is 84.6 cm³/mol. The van der Waals surface area contributed by atoms with Gasteiger partial charge in [-0.2, -0.15) is 5.10 Å². The van der Waals surface area contributed by atoms with Crippen molar-refractivity contribution in [3.63, 3.8) is 0 Å². The molecule has 1 aliphatic rings. The summed E-state index contributed by atoms with van der Waals surface area (Å²) in [5.74, 6) is 0.789. The van der Waals surface area contributed by atoms with Crippen LogP contribution in [0.5, 0.6) is 0 Å². The van der Waals surface area contributed by atoms with E-state index < -0.39 is 0 Å². The van der Waals surface area contributed by atoms with Gasteiger partial charge >= 0.3 is 0 Å². The van der Waals surface area contributed by atoms with Crippen LogP contribution in [0.25, 0.3) is 0 Å². The van der Waals surface area contributed by atoms with Gasteiger partial charge < -0.3 is 10.1 Å². The SMILES string of the molecule is c1ccc(CCN2CCO[C@H](CNc3cccnn3)C2)nc1. The van der Waals surface area contributed by atoms with Gasteiger partial charge in [-0.15, -0.1) is 5.10 Å². The highest BCUT2D eigenvalue weighted by molar-refractivity contribution is 5.31. The monoisotopic (exact) mass is 299 g/mol. The first kappa shape index (κ1) is 14.9. The van der Waals surface area contributed by atoms with E-state index in [1.807, 2.05) is 30.5 Å². The molecule has 1 atom stereocenters. The molecule has 0 bridgehead atoms. The van der Waals surface area contributed by atoms with E-state index in [0.717, 1.165) is 50.7 Å². The molecule has 2 aromatic rings. The van der Waals surface area contributed by atoms with E-state index in [1.165, 1.54) is 0 Å². The normalized spacial score (nSPS) is 19.0. The lowest BCUT2D eigenvalue weighted by atomic mass is 10.2. The summed E-state index contributed by atoms with van der Waals surface area (Å²) in [5.41, 5.74) is 1.14. The predicted octanol–water partition coefficient (Wildman–Crippen LogP) is 1.23. The number of hydrogen-bond donors (Lipinski definition) is 1. The Morgan fingerprint density at radius 1 is 1.23 bits per heavy atom. The second-order valence-electron chi connectivity index (χ2n) is 5.35. The smallest absolute Gasteiger partial charge is 0.148 e. The number of nitrogens with zero attached hydrogens (tertiary/aromatic N) is 4. The van der Waals surface area contributed by atoms with Crippen LogP contribution in [0.15, 0.2) is 42.7 Å². The number of nitrogens with one attached hydrogen (secondary N) is 1. The van der Waals surface area contributed by atoms with E-state index in [-0.39, 0.29) is 6.10 Å². The molecule has 0 radical (unpaired) electrons. The third kappa shape index (κ3) is 4.47. The molecule has 1 N–H and O–H groups in total. The maximum Gasteiger partial charge on any atom is 0.148 e. The highest BCUT2D eigenvalue weighted by Gasteiger charge is 2.20. The molecule has 0 amide bonds. The average molecular weight is 299 g/mol. The van der Waals surface area contributed by atoms with Crippen molar-refractivity contribution < 1.29 is 4.74 Å². The summed E-state index contributed by atoms with van der Waals surface area (Å²) in [6.45, 7) is 4.45. The molecule has 0 aromatic carbocycles. The molecule has 0 unspecified atom stereocenters. The summed E-state index contributed by atoms with van der Waals surface area (Å²) < 4.78 is 5.81. The quantitative estimate of drug-likeness (QED) is 0.865. The molecule has 22 heavy (non-hydrogen) atoms. The Morgan fingerprint density at radius 2 is 2.23 bits per heavy atom. The van der Waals surface area contributed by atoms with Crippen LogP contribution in [-0.2, 0) is 11.2 Å². The van der Waals surface area contributed by atoms with Crippen LogP contribution in [0.3, 0.4) is 0 Å². The number of hydrogen-bond acceptors (Lipinski definition) is 6. The van der Waals surface area contributed by atoms with Crippen molar-refractivity contribution in [3.8, 4) is 0 Å². The molecule has 2 aromatic heterocycles. The fourth-order valence-electron chi connectivity index (χ4n) is 2.54. The van der Waals surface area contributed by atoms with Gasteiger partial charge in [-0.25, -0.2) is 0 Å². The number of rotatable bonds is 6. The number of morpholine rings is 1. The maximum atomic E-state index is 5.81. The van der Waals surface area contributed by atoms with Crippen LogP contribution in [0.4, 0.5) is 5.82 Å². The van der Waals surface area contributed by atoms with Crippen molar-refractivity contribution in [2.75, 3.05) is 38.1 Å². The van der Waals surface area contributed by atoms with Crippen molar-refractivity contribution >= 4 is 5.82 Å². The zero-order chi connectivity index (χ0) is 15.0. The highest BCUT2D eigenvalue weighted by atomic mass is 16.5. The first-order valence-electron chi connectivity index (χ1n) is 7.65. The van der Waals surface area contributed by atoms with E-state index in [0.29, 0.717) is 0 Å². The molecule has 3 heterocycles. The summed E-state index contributed by atoms with van der Waals surface area (Å²) in [6.07, 6.45) is 4.68. The van der Waals surface area contributed by atoms with Crippen molar-refractivity contribution in [2.45, 2.75) is 12.5 Å². The van der Waals surface area contributed by atoms with Gasteiger partial charge in [-0.3, -0.25) is 9.88 Å². The molecule has 3 rings (SSSR count). The van der Waals surface area contributed by atoms with Crippen LogP contribution < -0.4 is 5.32 Å². The van der Waals surface area contributed by atoms with Crippen LogP contribution in [0.1, 0.15) is 5.69 Å². The molecule has 1 fully saturated rings. The van der Waals surface area contributed by atoms with Gasteiger partial charge in [0, 0.05) is 50.7 Å². The van der Waals surface area contributed by atoms with Crippen LogP contribution in [0.2, 0.25) is 0 Å². The van der Waals surface area contributed by atoms with Gasteiger partial charge in [0.05, 0.1) is 12.7 Å². The number of anilines is 1. The molecule has 0 saturated carbocycles. The zero-order valence-corrected chi connectivity index (χ0v) is 12.6. The molecule has 6 heteroatoms. The fourth-order valence-corrected chi connectivity index (χ4v) is 2.54. The Bertz CT molecular complexity index is 501. The van der Waals surface area contributed by atoms with Gasteiger partial charge in [0.25, 0.3) is 0 Å². The van der Waals surface area contributed by atoms with Gasteiger partial charge in [-0.1, -0.05) is 6.07 Å². The second kappa shape index (κ2) is 7.82. The lowest BCUT2D eigenvalue weighted by Gasteiger charge is -2.33. The average Bonchev–Trinajstić information content (AvgIpc) is 2.60. The summed E-state index contributed by atoms with van der Waals surface area (Å²) in [4.78, 5) is 6.80. The third-order valence-electron chi connectivity index (χ3n) is 3.72. The Labute approximate surface area is 130 Å². The zero-order valence-electron chi connectivity index (χ0n) is 12.6. The van der Waals surface area contributed by atoms with Gasteiger partial charge in [0.15, 0.2) is 0 Å². The summed E-state index contributed by atoms with van der Waals surface area (Å²) >= 11 is 0. The van der Waals surface area contributed by atoms with E-state index in [2.05, 4.69) is 31.5 Å². The Morgan fingerprint density at radius 3 is 3.05 bits per heavy atom. The van der Waals surface area contributed by atoms with Gasteiger partial charge in [0.1, 0.15) is 5.82 Å². The minimum Gasteiger partial charge on any atom is -0.374 e. The van der Waals surface area contributed by atoms with E-state index in [9.17, 15) is 0 Å². The standard InChI is InChI=1S/C16H21N5O/c1-2-7-17-14(4-1)6-9-21-10-11-22-15(13-21)12-18-16-5-3-8-19-20-16/h1-5,7-8,15H,6,9-13H2,(H,18,20)/t15-/m1/s1. The van der Waals surface area contributed by atoms with Crippen molar-refractivity contribution in [3.05, 3.63) is 48.4 Å². The highest BCUT2D eigenvalue weighted by Crippen LogP contribution is 2.08. The first-order valence-corrected chi connectivity index (χ1v) is 7.65. The maximum absolute atomic E-state index is 5.81. The van der Waals surface area contributed by atoms with E-state index >= 15 is 0 Å². The Hall–Kier alpha value is -2.05. The van der Waals surface area contributed by atoms with Crippen LogP contribution in [-0.4, -0.2) is 59.0 Å². The van der Waals surface area contributed by atoms with Crippen LogP contribution >= 0.6 is 0 Å². The summed E-state index contributed by atoms with van der Waals surface area (Å²) in [7, 11) is 0. The van der Waals surface area contributed by atoms with E-state index in [1.54, 1.807) is 6.20 Å². The minimum absolute atomic E-state index is 0.180. The molecule has 1 aliphatic heterocycles. The van der Waals surface area contributed by atoms with Crippen molar-refractivity contribution in [1.82, 2.24) is 20.1 Å². The summed E-state index contributed by atoms with van der Waals surface area (Å²) in [5, 5.41) is 11.1. The summed E-state index contributed by atoms with van der Waals surface area (Å²) in [6, 6.07) is 9.85. The first-order chi connectivity index (χ1) is 10.9. The molecule has 6 nitrogen and oxygen atoms in total. The fraction of sp³-hybridized carbons (Fsp3) is 0.438. The molecular formula is C16H21N5O. The van der Waals surface area contributed by atoms with Gasteiger partial charge in [0.2, 0.25) is 0 Å². The second-order valence-corrected chi connectivity index (χ2v) is 5.35. The molecular weight excluding hydrogens is 278 g/mol. The lowest BCUT2D eigenvalue weighted by molar-refractivity contribution is -0.0207. The Kier molecular flexibility index (Phi) is 5.28. The van der Waals surface area contributed by atoms with Gasteiger partial charge in [-0.05, 0) is 24.3 Å². The topological polar surface area (TPSA) is 63.2 Å². The largest absolute Gasteiger partial charge is 0.374 e. The van der Waals surface area contributed by atoms with Crippen LogP contribution in [0, 0.1) is 0 Å². The number of pyridine rings is 1. The minimum atomic E-state index is 0.180. The molecule has 116 valence electrons. The third-order valence-corrected chi connectivity index (χ3v) is 3.72.